The van der Waals surface area contributed by atoms with Gasteiger partial charge in [0.25, 0.3) is 0 Å². The van der Waals surface area contributed by atoms with E-state index >= 15 is 0 Å². The second-order valence-electron chi connectivity index (χ2n) is 27.8. The first kappa shape index (κ1) is 55.6. The summed E-state index contributed by atoms with van der Waals surface area (Å²) in [7, 11) is 0. The normalized spacial score (nSPS) is 12.5. The van der Waals surface area contributed by atoms with Crippen LogP contribution in [0.1, 0.15) is 128 Å². The van der Waals surface area contributed by atoms with Crippen LogP contribution in [0.3, 0.4) is 0 Å². The second kappa shape index (κ2) is 20.2. The molecule has 12 rings (SSSR count). The molecular formula is C78H76N6. The van der Waals surface area contributed by atoms with E-state index in [0.29, 0.717) is 23.2 Å². The third-order valence-corrected chi connectivity index (χ3v) is 17.0. The highest BCUT2D eigenvalue weighted by Gasteiger charge is 2.28. The van der Waals surface area contributed by atoms with Gasteiger partial charge in [-0.1, -0.05) is 178 Å². The SMILES string of the molecule is [C-]#[N+]c1ccc(-c2ccc(-c3cc(-c4nc(-c5cc(C(C)(C)C)cc(C(C)(C)C)c5)nc(-c5cc(C(C)(C)C)cc(C(C)(C)C)c5)n4)ccc3-n3c4ccc(C)cc4c4cc(C)ccc43)c(-n3c4ccc(C)cc4c4cc(C)ccc43)c2)cc1. The van der Waals surface area contributed by atoms with Gasteiger partial charge in [-0.15, -0.1) is 0 Å². The molecule has 0 aliphatic carbocycles. The van der Waals surface area contributed by atoms with Crippen molar-refractivity contribution in [2.24, 2.45) is 0 Å². The molecule has 0 saturated heterocycles. The molecule has 12 aromatic rings. The van der Waals surface area contributed by atoms with Crippen LogP contribution < -0.4 is 0 Å². The highest BCUT2D eigenvalue weighted by molar-refractivity contribution is 6.12. The molecule has 3 heterocycles. The fourth-order valence-electron chi connectivity index (χ4n) is 12.0. The molecule has 6 nitrogen and oxygen atoms in total. The fourth-order valence-corrected chi connectivity index (χ4v) is 12.0. The van der Waals surface area contributed by atoms with E-state index in [1.54, 1.807) is 0 Å². The van der Waals surface area contributed by atoms with Gasteiger partial charge in [0.05, 0.1) is 40.0 Å². The third kappa shape index (κ3) is 10.2. The van der Waals surface area contributed by atoms with Gasteiger partial charge < -0.3 is 9.13 Å². The Bertz CT molecular complexity index is 4400. The van der Waals surface area contributed by atoms with E-state index in [2.05, 4.69) is 282 Å². The summed E-state index contributed by atoms with van der Waals surface area (Å²) in [5.41, 5.74) is 23.3. The van der Waals surface area contributed by atoms with E-state index in [0.717, 1.165) is 72.4 Å². The zero-order valence-electron chi connectivity index (χ0n) is 51.8. The average Bonchev–Trinajstić information content (AvgIpc) is 2.78. The number of aryl methyl sites for hydroxylation is 4. The number of aromatic nitrogens is 5. The van der Waals surface area contributed by atoms with Crippen molar-refractivity contribution >= 4 is 49.3 Å². The van der Waals surface area contributed by atoms with Crippen LogP contribution >= 0.6 is 0 Å². The van der Waals surface area contributed by atoms with Crippen LogP contribution in [-0.2, 0) is 21.7 Å². The van der Waals surface area contributed by atoms with Gasteiger partial charge in [0.1, 0.15) is 0 Å². The van der Waals surface area contributed by atoms with Gasteiger partial charge in [0.15, 0.2) is 23.2 Å². The summed E-state index contributed by atoms with van der Waals surface area (Å²) in [6, 6.07) is 63.0. The summed E-state index contributed by atoms with van der Waals surface area (Å²) in [5.74, 6) is 1.86. The molecule has 9 aromatic carbocycles. The van der Waals surface area contributed by atoms with Crippen LogP contribution in [0.4, 0.5) is 5.69 Å². The minimum Gasteiger partial charge on any atom is -0.309 e. The van der Waals surface area contributed by atoms with E-state index in [-0.39, 0.29) is 21.7 Å². The maximum atomic E-state index is 7.78. The van der Waals surface area contributed by atoms with Crippen molar-refractivity contribution < 1.29 is 0 Å². The second-order valence-corrected chi connectivity index (χ2v) is 27.8. The smallest absolute Gasteiger partial charge is 0.187 e. The molecule has 0 saturated carbocycles. The molecule has 0 bridgehead atoms. The lowest BCUT2D eigenvalue weighted by Gasteiger charge is -2.26. The third-order valence-electron chi connectivity index (χ3n) is 17.0. The summed E-state index contributed by atoms with van der Waals surface area (Å²) in [6.45, 7) is 43.9. The molecule has 0 radical (unpaired) electrons. The Hall–Kier alpha value is -8.92. The van der Waals surface area contributed by atoms with Crippen LogP contribution in [-0.4, -0.2) is 24.1 Å². The summed E-state index contributed by atoms with van der Waals surface area (Å²) in [6.07, 6.45) is 0. The molecule has 84 heavy (non-hydrogen) atoms. The number of fused-ring (bicyclic) bond motifs is 6. The van der Waals surface area contributed by atoms with Crippen molar-refractivity contribution in [2.75, 3.05) is 0 Å². The lowest BCUT2D eigenvalue weighted by molar-refractivity contribution is 0.568. The van der Waals surface area contributed by atoms with Crippen molar-refractivity contribution in [1.82, 2.24) is 24.1 Å². The molecule has 0 unspecified atom stereocenters. The highest BCUT2D eigenvalue weighted by Crippen LogP contribution is 2.45. The zero-order chi connectivity index (χ0) is 59.5. The molecule has 0 fully saturated rings. The molecule has 418 valence electrons. The largest absolute Gasteiger partial charge is 0.309 e. The number of benzene rings is 9. The summed E-state index contributed by atoms with van der Waals surface area (Å²) < 4.78 is 4.93. The van der Waals surface area contributed by atoms with Gasteiger partial charge in [-0.3, -0.25) is 0 Å². The van der Waals surface area contributed by atoms with E-state index in [9.17, 15) is 0 Å². The number of nitrogens with zero attached hydrogens (tertiary/aromatic N) is 6. The summed E-state index contributed by atoms with van der Waals surface area (Å²) >= 11 is 0. The summed E-state index contributed by atoms with van der Waals surface area (Å²) in [5, 5.41) is 4.82. The zero-order valence-corrected chi connectivity index (χ0v) is 51.8. The van der Waals surface area contributed by atoms with Crippen LogP contribution in [0.5, 0.6) is 0 Å². The van der Waals surface area contributed by atoms with Crippen molar-refractivity contribution in [3.8, 4) is 67.8 Å². The maximum absolute atomic E-state index is 7.78. The molecule has 0 atom stereocenters. The first-order valence-electron chi connectivity index (χ1n) is 29.6. The van der Waals surface area contributed by atoms with E-state index in [1.165, 1.54) is 66.1 Å². The Kier molecular flexibility index (Phi) is 13.3. The summed E-state index contributed by atoms with van der Waals surface area (Å²) in [4.78, 5) is 20.5. The number of hydrogen-bond donors (Lipinski definition) is 0. The van der Waals surface area contributed by atoms with Crippen molar-refractivity contribution in [3.63, 3.8) is 0 Å². The predicted octanol–water partition coefficient (Wildman–Crippen LogP) is 21.4. The van der Waals surface area contributed by atoms with Crippen molar-refractivity contribution in [2.45, 2.75) is 132 Å². The Morgan fingerprint density at radius 2 is 0.655 bits per heavy atom. The van der Waals surface area contributed by atoms with Crippen LogP contribution in [0.15, 0.2) is 170 Å². The maximum Gasteiger partial charge on any atom is 0.187 e. The van der Waals surface area contributed by atoms with Crippen molar-refractivity contribution in [3.05, 3.63) is 226 Å². The van der Waals surface area contributed by atoms with Gasteiger partial charge in [-0.05, 0) is 180 Å². The molecule has 6 heteroatoms. The minimum atomic E-state index is -0.130. The van der Waals surface area contributed by atoms with E-state index in [1.807, 2.05) is 12.1 Å². The van der Waals surface area contributed by atoms with Gasteiger partial charge in [0.2, 0.25) is 0 Å². The Labute approximate surface area is 496 Å². The topological polar surface area (TPSA) is 52.9 Å². The standard InChI is InChI=1S/C78H76N6/c1-46-18-29-66-61(34-46)62-35-47(2)19-30-67(62)83(66)70-33-25-52(42-65(70)60-28-24-51(50-22-26-59(79-17)27-23-50)43-71(60)84-68-31-20-48(3)36-63(68)64-37-49(4)21-32-69(64)84)72-80-73(53-38-55(75(5,6)7)44-56(39-53)76(8,9)10)82-74(81-72)54-40-57(77(11,12)13)45-58(41-54)78(14,15)16/h18-45H,1-16H3. The molecular weight excluding hydrogens is 1020 g/mol. The molecule has 0 spiro atoms. The lowest BCUT2D eigenvalue weighted by atomic mass is 9.79. The van der Waals surface area contributed by atoms with Gasteiger partial charge in [-0.2, -0.15) is 0 Å². The Morgan fingerprint density at radius 3 is 1.02 bits per heavy atom. The predicted molar refractivity (Wildman–Crippen MR) is 356 cm³/mol. The molecule has 3 aromatic heterocycles. The lowest BCUT2D eigenvalue weighted by Crippen LogP contribution is -2.17. The number of hydrogen-bond acceptors (Lipinski definition) is 3. The van der Waals surface area contributed by atoms with Crippen LogP contribution in [0.25, 0.3) is 116 Å². The van der Waals surface area contributed by atoms with Crippen molar-refractivity contribution in [1.29, 1.82) is 0 Å². The quantitative estimate of drug-likeness (QED) is 0.149. The Balaban J connectivity index is 1.22. The average molecular weight is 1100 g/mol. The van der Waals surface area contributed by atoms with Crippen LogP contribution in [0, 0.1) is 34.3 Å². The van der Waals surface area contributed by atoms with Crippen LogP contribution in [0.2, 0.25) is 0 Å². The monoisotopic (exact) mass is 1100 g/mol. The highest BCUT2D eigenvalue weighted by atomic mass is 15.0. The Morgan fingerprint density at radius 1 is 0.310 bits per heavy atom. The van der Waals surface area contributed by atoms with E-state index < -0.39 is 0 Å². The van der Waals surface area contributed by atoms with Gasteiger partial charge in [0, 0.05) is 49.4 Å². The fraction of sp³-hybridized carbons (Fsp3) is 0.256. The minimum absolute atomic E-state index is 0.130. The van der Waals surface area contributed by atoms with Gasteiger partial charge >= 0.3 is 0 Å². The molecule has 0 aliphatic rings. The first-order valence-corrected chi connectivity index (χ1v) is 29.6. The first-order chi connectivity index (χ1) is 39.7. The number of rotatable bonds is 7. The molecule has 0 amide bonds. The molecule has 0 N–H and O–H groups in total. The van der Waals surface area contributed by atoms with E-state index in [4.69, 9.17) is 21.5 Å². The van der Waals surface area contributed by atoms with Gasteiger partial charge in [-0.25, -0.2) is 19.8 Å². The molecule has 0 aliphatic heterocycles.